The van der Waals surface area contributed by atoms with Gasteiger partial charge < -0.3 is 4.98 Å². The summed E-state index contributed by atoms with van der Waals surface area (Å²) in [6, 6.07) is 8.08. The average Bonchev–Trinajstić information content (AvgIpc) is 2.82. The van der Waals surface area contributed by atoms with Gasteiger partial charge in [-0.3, -0.25) is 4.79 Å². The van der Waals surface area contributed by atoms with Gasteiger partial charge in [-0.1, -0.05) is 63.6 Å². The van der Waals surface area contributed by atoms with E-state index in [1.807, 2.05) is 31.2 Å². The Bertz CT molecular complexity index is 582. The van der Waals surface area contributed by atoms with Crippen LogP contribution in [0.1, 0.15) is 74.3 Å². The first kappa shape index (κ1) is 15.8. The Morgan fingerprint density at radius 3 is 2.43 bits per heavy atom. The third kappa shape index (κ3) is 4.20. The lowest BCUT2D eigenvalue weighted by Gasteiger charge is -2.02. The zero-order valence-corrected chi connectivity index (χ0v) is 13.4. The van der Waals surface area contributed by atoms with Crippen LogP contribution in [0.15, 0.2) is 24.3 Å². The van der Waals surface area contributed by atoms with E-state index >= 15 is 0 Å². The lowest BCUT2D eigenvalue weighted by atomic mass is 10.0. The highest BCUT2D eigenvalue weighted by atomic mass is 16.1. The molecule has 0 radical (unpaired) electrons. The number of benzene rings is 1. The minimum Gasteiger partial charge on any atom is -0.358 e. The number of carbonyl (C=O) groups excluding carboxylic acids is 1. The molecule has 2 nitrogen and oxygen atoms in total. The molecule has 1 heterocycles. The predicted octanol–water partition coefficient (Wildman–Crippen LogP) is 5.80. The second-order valence-corrected chi connectivity index (χ2v) is 5.97. The van der Waals surface area contributed by atoms with Crippen LogP contribution in [0.25, 0.3) is 10.9 Å². The molecule has 114 valence electrons. The van der Waals surface area contributed by atoms with E-state index in [4.69, 9.17) is 0 Å². The maximum absolute atomic E-state index is 12.5. The second kappa shape index (κ2) is 8.02. The van der Waals surface area contributed by atoms with Crippen LogP contribution in [-0.4, -0.2) is 10.8 Å². The van der Waals surface area contributed by atoms with Crippen molar-refractivity contribution in [1.29, 1.82) is 0 Å². The average molecular weight is 285 g/mol. The van der Waals surface area contributed by atoms with Crippen molar-refractivity contribution in [2.24, 2.45) is 0 Å². The van der Waals surface area contributed by atoms with Gasteiger partial charge in [0.15, 0.2) is 5.78 Å². The Morgan fingerprint density at radius 1 is 1.00 bits per heavy atom. The van der Waals surface area contributed by atoms with Crippen LogP contribution in [-0.2, 0) is 0 Å². The van der Waals surface area contributed by atoms with Gasteiger partial charge in [-0.25, -0.2) is 0 Å². The number of H-pyrrole nitrogens is 1. The monoisotopic (exact) mass is 285 g/mol. The molecule has 0 aliphatic heterocycles. The second-order valence-electron chi connectivity index (χ2n) is 5.97. The van der Waals surface area contributed by atoms with E-state index in [1.54, 1.807) is 0 Å². The minimum atomic E-state index is 0.290. The summed E-state index contributed by atoms with van der Waals surface area (Å²) in [5, 5.41) is 1.07. The fourth-order valence-corrected chi connectivity index (χ4v) is 3.00. The topological polar surface area (TPSA) is 32.9 Å². The van der Waals surface area contributed by atoms with Crippen LogP contribution in [0.3, 0.4) is 0 Å². The summed E-state index contributed by atoms with van der Waals surface area (Å²) in [6.45, 7) is 4.24. The van der Waals surface area contributed by atoms with Crippen LogP contribution in [0, 0.1) is 6.92 Å². The highest BCUT2D eigenvalue weighted by molar-refractivity contribution is 6.09. The molecular formula is C19H27NO. The van der Waals surface area contributed by atoms with Crippen LogP contribution in [0.5, 0.6) is 0 Å². The van der Waals surface area contributed by atoms with Gasteiger partial charge in [-0.05, 0) is 19.4 Å². The highest BCUT2D eigenvalue weighted by Gasteiger charge is 2.14. The molecule has 0 saturated carbocycles. The molecule has 0 aliphatic carbocycles. The number of hydrogen-bond acceptors (Lipinski definition) is 1. The number of hydrogen-bond donors (Lipinski definition) is 1. The minimum absolute atomic E-state index is 0.290. The van der Waals surface area contributed by atoms with E-state index < -0.39 is 0 Å². The molecule has 0 bridgehead atoms. The largest absolute Gasteiger partial charge is 0.358 e. The fourth-order valence-electron chi connectivity index (χ4n) is 3.00. The summed E-state index contributed by atoms with van der Waals surface area (Å²) in [6.07, 6.45) is 9.42. The number of aromatic amines is 1. The van der Waals surface area contributed by atoms with E-state index in [2.05, 4.69) is 11.9 Å². The van der Waals surface area contributed by atoms with E-state index in [-0.39, 0.29) is 0 Å². The van der Waals surface area contributed by atoms with Gasteiger partial charge in [0, 0.05) is 28.6 Å². The molecule has 2 heteroatoms. The number of unbranched alkanes of at least 4 members (excludes halogenated alkanes) is 6. The van der Waals surface area contributed by atoms with Crippen molar-refractivity contribution in [3.8, 4) is 0 Å². The molecule has 0 spiro atoms. The summed E-state index contributed by atoms with van der Waals surface area (Å²) in [5.74, 6) is 0.290. The van der Waals surface area contributed by atoms with Gasteiger partial charge in [0.25, 0.3) is 0 Å². The molecule has 0 aliphatic rings. The number of fused-ring (bicyclic) bond motifs is 1. The Morgan fingerprint density at radius 2 is 1.67 bits per heavy atom. The number of aromatic nitrogens is 1. The smallest absolute Gasteiger partial charge is 0.165 e. The normalized spacial score (nSPS) is 11.1. The van der Waals surface area contributed by atoms with Crippen LogP contribution in [0.4, 0.5) is 0 Å². The summed E-state index contributed by atoms with van der Waals surface area (Å²) >= 11 is 0. The summed E-state index contributed by atoms with van der Waals surface area (Å²) in [5.41, 5.74) is 2.97. The molecule has 2 rings (SSSR count). The number of carbonyl (C=O) groups is 1. The summed E-state index contributed by atoms with van der Waals surface area (Å²) in [4.78, 5) is 15.8. The number of rotatable bonds is 9. The zero-order valence-electron chi connectivity index (χ0n) is 13.4. The van der Waals surface area contributed by atoms with E-state index in [1.165, 1.54) is 38.5 Å². The van der Waals surface area contributed by atoms with Gasteiger partial charge in [0.05, 0.1) is 0 Å². The standard InChI is InChI=1S/C19H27NO/c1-3-4-5-6-7-8-9-14-18(21)19-15(2)20-17-13-11-10-12-16(17)19/h10-13,20H,3-9,14H2,1-2H3. The number of ketones is 1. The Hall–Kier alpha value is -1.57. The number of aryl methyl sites for hydroxylation is 1. The molecule has 0 atom stereocenters. The van der Waals surface area contributed by atoms with E-state index in [9.17, 15) is 4.79 Å². The third-order valence-electron chi connectivity index (χ3n) is 4.18. The van der Waals surface area contributed by atoms with Crippen molar-refractivity contribution in [3.05, 3.63) is 35.5 Å². The fraction of sp³-hybridized carbons (Fsp3) is 0.526. The number of Topliss-reactive ketones (excluding diaryl/α,β-unsaturated/α-hetero) is 1. The molecule has 1 N–H and O–H groups in total. The Balaban J connectivity index is 1.84. The first-order valence-corrected chi connectivity index (χ1v) is 8.34. The van der Waals surface area contributed by atoms with E-state index in [0.29, 0.717) is 12.2 Å². The molecule has 0 saturated heterocycles. The predicted molar refractivity (Wildman–Crippen MR) is 90.0 cm³/mol. The molecular weight excluding hydrogens is 258 g/mol. The van der Waals surface area contributed by atoms with Crippen LogP contribution < -0.4 is 0 Å². The lowest BCUT2D eigenvalue weighted by molar-refractivity contribution is 0.0980. The molecule has 1 aromatic heterocycles. The van der Waals surface area contributed by atoms with Crippen LogP contribution >= 0.6 is 0 Å². The Kier molecular flexibility index (Phi) is 6.04. The van der Waals surface area contributed by atoms with Gasteiger partial charge in [-0.15, -0.1) is 0 Å². The quantitative estimate of drug-likeness (QED) is 0.458. The first-order chi connectivity index (χ1) is 10.2. The SMILES string of the molecule is CCCCCCCCCC(=O)c1c(C)[nH]c2ccccc12. The molecule has 1 aromatic carbocycles. The van der Waals surface area contributed by atoms with Gasteiger partial charge in [-0.2, -0.15) is 0 Å². The summed E-state index contributed by atoms with van der Waals surface area (Å²) < 4.78 is 0. The molecule has 21 heavy (non-hydrogen) atoms. The van der Waals surface area contributed by atoms with Crippen molar-refractivity contribution >= 4 is 16.7 Å². The van der Waals surface area contributed by atoms with Crippen molar-refractivity contribution in [2.75, 3.05) is 0 Å². The van der Waals surface area contributed by atoms with Crippen molar-refractivity contribution in [1.82, 2.24) is 4.98 Å². The maximum Gasteiger partial charge on any atom is 0.165 e. The number of para-hydroxylation sites is 1. The van der Waals surface area contributed by atoms with Gasteiger partial charge in [0.1, 0.15) is 0 Å². The van der Waals surface area contributed by atoms with E-state index in [0.717, 1.165) is 28.6 Å². The molecule has 0 amide bonds. The van der Waals surface area contributed by atoms with Gasteiger partial charge in [0.2, 0.25) is 0 Å². The van der Waals surface area contributed by atoms with Crippen molar-refractivity contribution in [2.45, 2.75) is 65.2 Å². The lowest BCUT2D eigenvalue weighted by Crippen LogP contribution is -2.00. The Labute approximate surface area is 127 Å². The van der Waals surface area contributed by atoms with Crippen molar-refractivity contribution < 1.29 is 4.79 Å². The molecule has 2 aromatic rings. The maximum atomic E-state index is 12.5. The first-order valence-electron chi connectivity index (χ1n) is 8.34. The molecule has 0 fully saturated rings. The van der Waals surface area contributed by atoms with Crippen molar-refractivity contribution in [3.63, 3.8) is 0 Å². The molecule has 0 unspecified atom stereocenters. The zero-order chi connectivity index (χ0) is 15.1. The number of nitrogens with one attached hydrogen (secondary N) is 1. The van der Waals surface area contributed by atoms with Gasteiger partial charge >= 0.3 is 0 Å². The summed E-state index contributed by atoms with van der Waals surface area (Å²) in [7, 11) is 0. The third-order valence-corrected chi connectivity index (χ3v) is 4.18. The van der Waals surface area contributed by atoms with Crippen LogP contribution in [0.2, 0.25) is 0 Å². The highest BCUT2D eigenvalue weighted by Crippen LogP contribution is 2.24.